The monoisotopic (exact) mass is 767 g/mol. The Balaban J connectivity index is 1.51. The van der Waals surface area contributed by atoms with Gasteiger partial charge in [0, 0.05) is 36.7 Å². The first-order valence-electron chi connectivity index (χ1n) is 17.6. The molecule has 0 radical (unpaired) electrons. The van der Waals surface area contributed by atoms with E-state index >= 15 is 0 Å². The lowest BCUT2D eigenvalue weighted by Crippen LogP contribution is -2.53. The third kappa shape index (κ3) is 9.79. The Labute approximate surface area is 313 Å². The lowest BCUT2D eigenvalue weighted by Gasteiger charge is -2.35. The van der Waals surface area contributed by atoms with Crippen LogP contribution in [0, 0.1) is 5.41 Å². The van der Waals surface area contributed by atoms with Crippen molar-refractivity contribution in [3.63, 3.8) is 0 Å². The summed E-state index contributed by atoms with van der Waals surface area (Å²) in [6.07, 6.45) is 10.7. The number of nitrogens with one attached hydrogen (secondary N) is 2. The van der Waals surface area contributed by atoms with Crippen LogP contribution in [-0.4, -0.2) is 66.7 Å². The maximum atomic E-state index is 14.2. The van der Waals surface area contributed by atoms with Gasteiger partial charge in [-0.25, -0.2) is 0 Å². The number of fused-ring (bicyclic) bond motifs is 2. The number of thioether (sulfide) groups is 1. The molecule has 14 heteroatoms. The average Bonchev–Trinajstić information content (AvgIpc) is 3.67. The summed E-state index contributed by atoms with van der Waals surface area (Å²) in [4.78, 5) is 31.7. The molecule has 1 atom stereocenters. The van der Waals surface area contributed by atoms with E-state index in [-0.39, 0.29) is 32.4 Å². The van der Waals surface area contributed by atoms with Crippen LogP contribution in [0.5, 0.6) is 0 Å². The summed E-state index contributed by atoms with van der Waals surface area (Å²) in [6, 6.07) is 16.3. The quantitative estimate of drug-likeness (QED) is 0.0428. The van der Waals surface area contributed by atoms with Crippen LogP contribution in [0.25, 0.3) is 16.3 Å². The first-order valence-corrected chi connectivity index (χ1v) is 20.8. The first-order chi connectivity index (χ1) is 24.9. The van der Waals surface area contributed by atoms with E-state index in [4.69, 9.17) is 10.2 Å². The molecule has 0 fully saturated rings. The van der Waals surface area contributed by atoms with E-state index < -0.39 is 39.4 Å². The van der Waals surface area contributed by atoms with Crippen LogP contribution in [0.15, 0.2) is 93.9 Å². The van der Waals surface area contributed by atoms with Crippen molar-refractivity contribution in [2.24, 2.45) is 5.41 Å². The van der Waals surface area contributed by atoms with E-state index in [2.05, 4.69) is 58.2 Å². The zero-order valence-corrected chi connectivity index (χ0v) is 31.9. The van der Waals surface area contributed by atoms with Crippen molar-refractivity contribution in [3.05, 3.63) is 94.0 Å². The molecule has 52 heavy (non-hydrogen) atoms. The number of thiazole rings is 1. The predicted molar refractivity (Wildman–Crippen MR) is 207 cm³/mol. The molecule has 2 heterocycles. The normalized spacial score (nSPS) is 19.2. The minimum atomic E-state index is -4.35. The maximum Gasteiger partial charge on any atom is 0.266 e. The van der Waals surface area contributed by atoms with Gasteiger partial charge >= 0.3 is 0 Å². The van der Waals surface area contributed by atoms with E-state index in [0.29, 0.717) is 19.3 Å². The number of rotatable bonds is 16. The molecule has 2 aromatic carbocycles. The Morgan fingerprint density at radius 3 is 2.42 bits per heavy atom. The zero-order valence-electron chi connectivity index (χ0n) is 29.5. The molecule has 1 unspecified atom stereocenters. The van der Waals surface area contributed by atoms with Gasteiger partial charge in [0.05, 0.1) is 16.5 Å². The van der Waals surface area contributed by atoms with Gasteiger partial charge in [0.15, 0.2) is 6.29 Å². The van der Waals surface area contributed by atoms with E-state index in [1.807, 2.05) is 54.6 Å². The number of aromatic nitrogens is 1. The Hall–Kier alpha value is -3.79. The topological polar surface area (TPSA) is 160 Å². The Morgan fingerprint density at radius 1 is 0.962 bits per heavy atom. The molecule has 0 saturated carbocycles. The SMILES string of the molecule is CCN1/C(=C/C=C2C=C(/C=C/c3sc4ccccc4[n+]3CC)CC(C(=O)NCCCCCC(O)O)(C(=O)NCCS(=O)(=O)O)C/2)Sc2ccccc21. The number of carbonyl (C=O) groups is 2. The fourth-order valence-corrected chi connectivity index (χ4v) is 9.18. The minimum Gasteiger partial charge on any atom is -0.368 e. The van der Waals surface area contributed by atoms with Crippen LogP contribution in [-0.2, 0) is 26.3 Å². The Bertz CT molecular complexity index is 2000. The van der Waals surface area contributed by atoms with Gasteiger partial charge in [0.1, 0.15) is 16.7 Å². The number of hydrogen-bond donors (Lipinski definition) is 5. The van der Waals surface area contributed by atoms with Crippen molar-refractivity contribution in [3.8, 4) is 0 Å². The van der Waals surface area contributed by atoms with Gasteiger partial charge in [0.25, 0.3) is 15.1 Å². The lowest BCUT2D eigenvalue weighted by molar-refractivity contribution is -0.665. The van der Waals surface area contributed by atoms with Crippen molar-refractivity contribution in [1.29, 1.82) is 0 Å². The van der Waals surface area contributed by atoms with Gasteiger partial charge in [-0.2, -0.15) is 13.0 Å². The number of aliphatic hydroxyl groups is 2. The summed E-state index contributed by atoms with van der Waals surface area (Å²) in [7, 11) is -4.35. The zero-order chi connectivity index (χ0) is 37.3. The number of carbonyl (C=O) groups excluding carboxylic acids is 2. The van der Waals surface area contributed by atoms with Crippen molar-refractivity contribution < 1.29 is 37.3 Å². The maximum absolute atomic E-state index is 14.2. The van der Waals surface area contributed by atoms with Crippen LogP contribution in [0.4, 0.5) is 5.69 Å². The van der Waals surface area contributed by atoms with Crippen molar-refractivity contribution in [2.45, 2.75) is 70.1 Å². The fraction of sp³-hybridized carbons (Fsp3) is 0.395. The first kappa shape index (κ1) is 39.4. The van der Waals surface area contributed by atoms with Gasteiger partial charge in [-0.1, -0.05) is 72.0 Å². The number of aryl methyl sites for hydroxylation is 1. The molecular formula is C38H47N4O7S3+. The van der Waals surface area contributed by atoms with Gasteiger partial charge in [-0.15, -0.1) is 0 Å². The molecule has 0 spiro atoms. The number of amides is 2. The molecule has 0 saturated heterocycles. The van der Waals surface area contributed by atoms with Gasteiger partial charge in [-0.3, -0.25) is 14.1 Å². The van der Waals surface area contributed by atoms with Crippen LogP contribution in [0.1, 0.15) is 57.4 Å². The van der Waals surface area contributed by atoms with Gasteiger partial charge < -0.3 is 25.7 Å². The van der Waals surface area contributed by atoms with Crippen molar-refractivity contribution >= 4 is 67.0 Å². The molecule has 5 N–H and O–H groups in total. The second-order valence-electron chi connectivity index (χ2n) is 12.8. The number of allylic oxidation sites excluding steroid dienone is 6. The number of unbranched alkanes of at least 4 members (excludes halogenated alkanes) is 2. The van der Waals surface area contributed by atoms with Gasteiger partial charge in [-0.05, 0) is 81.4 Å². The predicted octanol–water partition coefficient (Wildman–Crippen LogP) is 5.32. The molecule has 1 aliphatic heterocycles. The van der Waals surface area contributed by atoms with E-state index in [1.54, 1.807) is 23.1 Å². The van der Waals surface area contributed by atoms with Crippen LogP contribution in [0.2, 0.25) is 0 Å². The number of anilines is 1. The second kappa shape index (κ2) is 17.8. The molecule has 3 aromatic rings. The highest BCUT2D eigenvalue weighted by Crippen LogP contribution is 2.46. The molecule has 278 valence electrons. The largest absolute Gasteiger partial charge is 0.368 e. The highest BCUT2D eigenvalue weighted by atomic mass is 32.2. The standard InChI is InChI=1S/C38H46N4O7S3/c1-3-41-29-12-7-9-14-31(29)50-33(41)19-17-27-24-28(18-20-34-42(4-2)30-13-8-10-15-32(30)51-34)26-38(25-27,37(46)40-22-23-52(47,48)49)36(45)39-21-11-5-6-16-35(43)44/h7-10,12-15,17-20,24,35,43-44H,3-6,11,16,21-23,25-26H2,1-2H3,(H2-,39,40,45,46,47,48,49)/p+1. The molecule has 1 aliphatic carbocycles. The smallest absolute Gasteiger partial charge is 0.266 e. The molecule has 5 rings (SSSR count). The molecule has 11 nitrogen and oxygen atoms in total. The lowest BCUT2D eigenvalue weighted by atomic mass is 9.70. The van der Waals surface area contributed by atoms with E-state index in [9.17, 15) is 22.6 Å². The highest BCUT2D eigenvalue weighted by molar-refractivity contribution is 8.03. The number of hydrogen-bond acceptors (Lipinski definition) is 9. The Morgan fingerprint density at radius 2 is 1.69 bits per heavy atom. The van der Waals surface area contributed by atoms with Crippen LogP contribution < -0.4 is 20.1 Å². The van der Waals surface area contributed by atoms with E-state index in [0.717, 1.165) is 55.1 Å². The summed E-state index contributed by atoms with van der Waals surface area (Å²) in [5.74, 6) is -1.80. The number of benzene rings is 2. The number of para-hydroxylation sites is 2. The fourth-order valence-electron chi connectivity index (χ4n) is 6.56. The third-order valence-electron chi connectivity index (χ3n) is 9.11. The second-order valence-corrected chi connectivity index (χ2v) is 16.5. The molecule has 1 aromatic heterocycles. The number of nitrogens with zero attached hydrogens (tertiary/aromatic N) is 2. The summed E-state index contributed by atoms with van der Waals surface area (Å²) < 4.78 is 35.7. The van der Waals surface area contributed by atoms with Crippen LogP contribution >= 0.6 is 23.1 Å². The van der Waals surface area contributed by atoms with Crippen molar-refractivity contribution in [1.82, 2.24) is 10.6 Å². The summed E-state index contributed by atoms with van der Waals surface area (Å²) >= 11 is 3.31. The molecule has 2 aliphatic rings. The molecule has 2 amide bonds. The van der Waals surface area contributed by atoms with E-state index in [1.165, 1.54) is 0 Å². The molecule has 0 bridgehead atoms. The third-order valence-corrected chi connectivity index (χ3v) is 12.1. The summed E-state index contributed by atoms with van der Waals surface area (Å²) in [5, 5.41) is 25.9. The average molecular weight is 768 g/mol. The number of aliphatic hydroxyl groups excluding tert-OH is 1. The molecular weight excluding hydrogens is 721 g/mol. The summed E-state index contributed by atoms with van der Waals surface area (Å²) in [5.41, 5.74) is 2.13. The Kier molecular flexibility index (Phi) is 13.5. The van der Waals surface area contributed by atoms with Crippen molar-refractivity contribution in [2.75, 3.05) is 30.3 Å². The highest BCUT2D eigenvalue weighted by Gasteiger charge is 2.48. The summed E-state index contributed by atoms with van der Waals surface area (Å²) in [6.45, 7) is 5.61. The minimum absolute atomic E-state index is 0.0654. The van der Waals surface area contributed by atoms with Crippen LogP contribution in [0.3, 0.4) is 0 Å². The van der Waals surface area contributed by atoms with Gasteiger partial charge in [0.2, 0.25) is 17.3 Å².